The molecule has 0 atom stereocenters. The van der Waals surface area contributed by atoms with E-state index in [1.54, 1.807) is 0 Å². The molecular weight excluding hydrogens is 300 g/mol. The Kier molecular flexibility index (Phi) is 5.74. The van der Waals surface area contributed by atoms with Gasteiger partial charge < -0.3 is 10.6 Å². The zero-order chi connectivity index (χ0) is 17.7. The molecule has 126 valence electrons. The molecule has 2 aromatic carbocycles. The smallest absolute Gasteiger partial charge is 0.224 e. The molecule has 0 aromatic heterocycles. The van der Waals surface area contributed by atoms with E-state index in [-0.39, 0.29) is 24.7 Å². The van der Waals surface area contributed by atoms with Gasteiger partial charge in [-0.3, -0.25) is 9.59 Å². The van der Waals surface area contributed by atoms with Crippen LogP contribution in [0.1, 0.15) is 35.1 Å². The lowest BCUT2D eigenvalue weighted by Crippen LogP contribution is -2.18. The third kappa shape index (κ3) is 4.44. The lowest BCUT2D eigenvalue weighted by Gasteiger charge is -2.11. The minimum atomic E-state index is -0.153. The van der Waals surface area contributed by atoms with Crippen molar-refractivity contribution in [3.63, 3.8) is 0 Å². The van der Waals surface area contributed by atoms with Gasteiger partial charge in [-0.15, -0.1) is 0 Å². The van der Waals surface area contributed by atoms with Gasteiger partial charge in [-0.05, 0) is 62.1 Å². The minimum absolute atomic E-state index is 0.153. The molecule has 0 aliphatic heterocycles. The number of rotatable bonds is 5. The van der Waals surface area contributed by atoms with E-state index in [0.29, 0.717) is 0 Å². The fourth-order valence-electron chi connectivity index (χ4n) is 2.43. The second-order valence-corrected chi connectivity index (χ2v) is 6.09. The van der Waals surface area contributed by atoms with Gasteiger partial charge in [0.2, 0.25) is 11.8 Å². The maximum atomic E-state index is 12.1. The normalized spacial score (nSPS) is 10.3. The second-order valence-electron chi connectivity index (χ2n) is 6.09. The van der Waals surface area contributed by atoms with Crippen molar-refractivity contribution in [1.82, 2.24) is 0 Å². The zero-order valence-corrected chi connectivity index (χ0v) is 14.7. The number of aryl methyl sites for hydroxylation is 2. The summed E-state index contributed by atoms with van der Waals surface area (Å²) in [5, 5.41) is 5.74. The monoisotopic (exact) mass is 324 g/mol. The van der Waals surface area contributed by atoms with Crippen molar-refractivity contribution in [2.24, 2.45) is 0 Å². The van der Waals surface area contributed by atoms with Gasteiger partial charge in [-0.1, -0.05) is 24.3 Å². The standard InChI is InChI=1S/C20H24N2O2/c1-13-7-5-9-17(15(13)3)21-19(23)11-12-20(24)22-18-10-6-8-14(2)16(18)4/h5-10H,11-12H2,1-4H3,(H,21,23)(H,22,24). The largest absolute Gasteiger partial charge is 0.326 e. The highest BCUT2D eigenvalue weighted by atomic mass is 16.2. The highest BCUT2D eigenvalue weighted by Gasteiger charge is 2.10. The third-order valence-corrected chi connectivity index (χ3v) is 4.34. The van der Waals surface area contributed by atoms with Crippen molar-refractivity contribution in [2.45, 2.75) is 40.5 Å². The zero-order valence-electron chi connectivity index (χ0n) is 14.7. The van der Waals surface area contributed by atoms with Gasteiger partial charge >= 0.3 is 0 Å². The molecule has 4 heteroatoms. The summed E-state index contributed by atoms with van der Waals surface area (Å²) in [6.45, 7) is 7.95. The van der Waals surface area contributed by atoms with E-state index in [1.807, 2.05) is 64.1 Å². The molecule has 4 nitrogen and oxygen atoms in total. The Hall–Kier alpha value is -2.62. The number of carbonyl (C=O) groups excluding carboxylic acids is 2. The molecule has 0 aliphatic rings. The van der Waals surface area contributed by atoms with Gasteiger partial charge in [-0.25, -0.2) is 0 Å². The van der Waals surface area contributed by atoms with E-state index in [1.165, 1.54) is 0 Å². The number of hydrogen-bond acceptors (Lipinski definition) is 2. The van der Waals surface area contributed by atoms with Gasteiger partial charge in [0.05, 0.1) is 0 Å². The van der Waals surface area contributed by atoms with Gasteiger partial charge in [0.15, 0.2) is 0 Å². The van der Waals surface area contributed by atoms with Gasteiger partial charge in [-0.2, -0.15) is 0 Å². The molecule has 0 bridgehead atoms. The number of carbonyl (C=O) groups is 2. The van der Waals surface area contributed by atoms with Crippen LogP contribution < -0.4 is 10.6 Å². The van der Waals surface area contributed by atoms with Crippen LogP contribution in [0.3, 0.4) is 0 Å². The first-order valence-corrected chi connectivity index (χ1v) is 8.10. The lowest BCUT2D eigenvalue weighted by molar-refractivity contribution is -0.121. The van der Waals surface area contributed by atoms with E-state index in [4.69, 9.17) is 0 Å². The quantitative estimate of drug-likeness (QED) is 0.862. The van der Waals surface area contributed by atoms with Crippen LogP contribution in [0.15, 0.2) is 36.4 Å². The summed E-state index contributed by atoms with van der Waals surface area (Å²) < 4.78 is 0. The predicted octanol–water partition coefficient (Wildman–Crippen LogP) is 4.28. The molecule has 0 radical (unpaired) electrons. The van der Waals surface area contributed by atoms with Crippen molar-refractivity contribution >= 4 is 23.2 Å². The highest BCUT2D eigenvalue weighted by Crippen LogP contribution is 2.19. The first-order valence-electron chi connectivity index (χ1n) is 8.10. The number of anilines is 2. The molecule has 2 N–H and O–H groups in total. The average molecular weight is 324 g/mol. The van der Waals surface area contributed by atoms with Crippen molar-refractivity contribution in [1.29, 1.82) is 0 Å². The van der Waals surface area contributed by atoms with Crippen molar-refractivity contribution in [3.05, 3.63) is 58.7 Å². The predicted molar refractivity (Wildman–Crippen MR) is 98.3 cm³/mol. The molecule has 0 saturated heterocycles. The maximum Gasteiger partial charge on any atom is 0.224 e. The van der Waals surface area contributed by atoms with Gasteiger partial charge in [0.1, 0.15) is 0 Å². The van der Waals surface area contributed by atoms with Gasteiger partial charge in [0.25, 0.3) is 0 Å². The first-order chi connectivity index (χ1) is 11.4. The van der Waals surface area contributed by atoms with Crippen LogP contribution in [0.2, 0.25) is 0 Å². The molecule has 0 saturated carbocycles. The SMILES string of the molecule is Cc1cccc(NC(=O)CCC(=O)Nc2cccc(C)c2C)c1C. The van der Waals surface area contributed by atoms with Crippen molar-refractivity contribution in [2.75, 3.05) is 10.6 Å². The van der Waals surface area contributed by atoms with Crippen LogP contribution in [0.4, 0.5) is 11.4 Å². The molecule has 0 heterocycles. The highest BCUT2D eigenvalue weighted by molar-refractivity contribution is 5.97. The third-order valence-electron chi connectivity index (χ3n) is 4.34. The molecule has 24 heavy (non-hydrogen) atoms. The molecular formula is C20H24N2O2. The van der Waals surface area contributed by atoms with Crippen LogP contribution in [-0.4, -0.2) is 11.8 Å². The van der Waals surface area contributed by atoms with Crippen molar-refractivity contribution < 1.29 is 9.59 Å². The summed E-state index contributed by atoms with van der Waals surface area (Å²) in [7, 11) is 0. The average Bonchev–Trinajstić information content (AvgIpc) is 2.54. The summed E-state index contributed by atoms with van der Waals surface area (Å²) in [5.41, 5.74) is 5.95. The Balaban J connectivity index is 1.88. The summed E-state index contributed by atoms with van der Waals surface area (Å²) in [4.78, 5) is 24.1. The number of benzene rings is 2. The molecule has 2 rings (SSSR count). The van der Waals surface area contributed by atoms with E-state index >= 15 is 0 Å². The lowest BCUT2D eigenvalue weighted by atomic mass is 10.1. The fraction of sp³-hybridized carbons (Fsp3) is 0.300. The Morgan fingerprint density at radius 3 is 1.46 bits per heavy atom. The van der Waals surface area contributed by atoms with Crippen LogP contribution in [0.5, 0.6) is 0 Å². The van der Waals surface area contributed by atoms with Crippen LogP contribution >= 0.6 is 0 Å². The van der Waals surface area contributed by atoms with Gasteiger partial charge in [0, 0.05) is 24.2 Å². The molecule has 0 aliphatic carbocycles. The van der Waals surface area contributed by atoms with E-state index in [9.17, 15) is 9.59 Å². The molecule has 0 unspecified atom stereocenters. The number of nitrogens with one attached hydrogen (secondary N) is 2. The van der Waals surface area contributed by atoms with E-state index in [0.717, 1.165) is 33.6 Å². The molecule has 2 amide bonds. The number of hydrogen-bond donors (Lipinski definition) is 2. The summed E-state index contributed by atoms with van der Waals surface area (Å²) in [5.74, 6) is -0.306. The van der Waals surface area contributed by atoms with E-state index < -0.39 is 0 Å². The Morgan fingerprint density at radius 2 is 1.08 bits per heavy atom. The van der Waals surface area contributed by atoms with Crippen LogP contribution in [0.25, 0.3) is 0 Å². The maximum absolute atomic E-state index is 12.1. The molecule has 0 spiro atoms. The Bertz CT molecular complexity index is 701. The van der Waals surface area contributed by atoms with Crippen LogP contribution in [0, 0.1) is 27.7 Å². The second kappa shape index (κ2) is 7.77. The summed E-state index contributed by atoms with van der Waals surface area (Å²) in [6, 6.07) is 11.6. The summed E-state index contributed by atoms with van der Waals surface area (Å²) in [6.07, 6.45) is 0.314. The Morgan fingerprint density at radius 1 is 0.708 bits per heavy atom. The van der Waals surface area contributed by atoms with E-state index in [2.05, 4.69) is 10.6 Å². The molecule has 0 fully saturated rings. The molecule has 2 aromatic rings. The Labute approximate surface area is 143 Å². The van der Waals surface area contributed by atoms with Crippen molar-refractivity contribution in [3.8, 4) is 0 Å². The van der Waals surface area contributed by atoms with Crippen LogP contribution in [-0.2, 0) is 9.59 Å². The summed E-state index contributed by atoms with van der Waals surface area (Å²) >= 11 is 0. The topological polar surface area (TPSA) is 58.2 Å². The minimum Gasteiger partial charge on any atom is -0.326 e. The fourth-order valence-corrected chi connectivity index (χ4v) is 2.43. The first kappa shape index (κ1) is 17.7. The number of amides is 2.